The van der Waals surface area contributed by atoms with Gasteiger partial charge in [0, 0.05) is 28.8 Å². The van der Waals surface area contributed by atoms with Gasteiger partial charge in [0.05, 0.1) is 5.69 Å². The lowest BCUT2D eigenvalue weighted by Gasteiger charge is -2.13. The van der Waals surface area contributed by atoms with Crippen LogP contribution in [0.3, 0.4) is 0 Å². The number of carbonyl (C=O) groups is 2. The van der Waals surface area contributed by atoms with Crippen molar-refractivity contribution in [3.8, 4) is 11.3 Å². The Kier molecular flexibility index (Phi) is 4.81. The zero-order valence-corrected chi connectivity index (χ0v) is 15.3. The number of carbonyl (C=O) groups excluding carboxylic acids is 2. The molecule has 0 spiro atoms. The molecule has 1 heterocycles. The second-order valence-electron chi connectivity index (χ2n) is 6.43. The Morgan fingerprint density at radius 3 is 2.63 bits per heavy atom. The molecule has 1 N–H and O–H groups in total. The molecule has 0 unspecified atom stereocenters. The normalized spacial score (nSPS) is 12.2. The molecule has 6 heteroatoms. The van der Waals surface area contributed by atoms with Crippen molar-refractivity contribution in [2.24, 2.45) is 0 Å². The summed E-state index contributed by atoms with van der Waals surface area (Å²) < 4.78 is 12.9. The minimum Gasteiger partial charge on any atom is -0.302 e. The number of thiazole rings is 1. The Balaban J connectivity index is 1.39. The van der Waals surface area contributed by atoms with Crippen LogP contribution in [0, 0.1) is 5.82 Å². The standard InChI is InChI=1S/C21H17FN2O2S/c22-15-8-5-14(6-9-15)17(25)10-12-19(26)23-21-24-20-16-4-2-1-3-13(16)7-11-18(20)27-21/h1-6,8-9H,7,10-12H2,(H,23,24,26). The molecule has 0 saturated carbocycles. The van der Waals surface area contributed by atoms with E-state index in [4.69, 9.17) is 0 Å². The number of aromatic nitrogens is 1. The summed E-state index contributed by atoms with van der Waals surface area (Å²) in [4.78, 5) is 30.1. The number of hydrogen-bond donors (Lipinski definition) is 1. The fraction of sp³-hybridized carbons (Fsp3) is 0.190. The summed E-state index contributed by atoms with van der Waals surface area (Å²) in [6.07, 6.45) is 2.04. The van der Waals surface area contributed by atoms with E-state index >= 15 is 0 Å². The van der Waals surface area contributed by atoms with Crippen molar-refractivity contribution < 1.29 is 14.0 Å². The number of rotatable bonds is 5. The molecule has 4 rings (SSSR count). The second-order valence-corrected chi connectivity index (χ2v) is 7.51. The van der Waals surface area contributed by atoms with Crippen molar-refractivity contribution >= 4 is 28.2 Å². The van der Waals surface area contributed by atoms with E-state index in [0.29, 0.717) is 10.7 Å². The van der Waals surface area contributed by atoms with Gasteiger partial charge in [-0.05, 0) is 42.7 Å². The summed E-state index contributed by atoms with van der Waals surface area (Å²) >= 11 is 1.49. The van der Waals surface area contributed by atoms with Crippen molar-refractivity contribution in [3.63, 3.8) is 0 Å². The maximum Gasteiger partial charge on any atom is 0.226 e. The van der Waals surface area contributed by atoms with Crippen LogP contribution in [-0.2, 0) is 17.6 Å². The molecule has 0 aliphatic heterocycles. The van der Waals surface area contributed by atoms with Gasteiger partial charge in [0.25, 0.3) is 0 Å². The van der Waals surface area contributed by atoms with Crippen molar-refractivity contribution in [2.45, 2.75) is 25.7 Å². The highest BCUT2D eigenvalue weighted by atomic mass is 32.1. The molecule has 1 aliphatic carbocycles. The molecular weight excluding hydrogens is 363 g/mol. The molecular formula is C21H17FN2O2S. The van der Waals surface area contributed by atoms with Crippen LogP contribution in [0.2, 0.25) is 0 Å². The Morgan fingerprint density at radius 1 is 1.04 bits per heavy atom. The van der Waals surface area contributed by atoms with Crippen LogP contribution >= 0.6 is 11.3 Å². The number of anilines is 1. The van der Waals surface area contributed by atoms with Crippen LogP contribution in [0.4, 0.5) is 9.52 Å². The number of ketones is 1. The van der Waals surface area contributed by atoms with Crippen molar-refractivity contribution in [3.05, 3.63) is 70.4 Å². The zero-order valence-electron chi connectivity index (χ0n) is 14.5. The van der Waals surface area contributed by atoms with Gasteiger partial charge in [-0.25, -0.2) is 9.37 Å². The average molecular weight is 380 g/mol. The third-order valence-corrected chi connectivity index (χ3v) is 5.61. The van der Waals surface area contributed by atoms with E-state index in [1.165, 1.54) is 46.0 Å². The molecule has 1 aliphatic rings. The van der Waals surface area contributed by atoms with Crippen LogP contribution in [0.15, 0.2) is 48.5 Å². The first kappa shape index (κ1) is 17.5. The van der Waals surface area contributed by atoms with Crippen molar-refractivity contribution in [1.29, 1.82) is 0 Å². The van der Waals surface area contributed by atoms with Gasteiger partial charge < -0.3 is 5.32 Å². The highest BCUT2D eigenvalue weighted by molar-refractivity contribution is 7.16. The number of amides is 1. The van der Waals surface area contributed by atoms with E-state index < -0.39 is 5.82 Å². The Labute approximate surface area is 160 Å². The second kappa shape index (κ2) is 7.40. The first-order valence-electron chi connectivity index (χ1n) is 8.77. The van der Waals surface area contributed by atoms with Crippen molar-refractivity contribution in [2.75, 3.05) is 5.32 Å². The van der Waals surface area contributed by atoms with Gasteiger partial charge in [-0.3, -0.25) is 9.59 Å². The number of aryl methyl sites for hydroxylation is 2. The lowest BCUT2D eigenvalue weighted by molar-refractivity contribution is -0.116. The minimum atomic E-state index is -0.390. The Hall–Kier alpha value is -2.86. The summed E-state index contributed by atoms with van der Waals surface area (Å²) in [5, 5.41) is 3.37. The fourth-order valence-electron chi connectivity index (χ4n) is 3.19. The van der Waals surface area contributed by atoms with Crippen molar-refractivity contribution in [1.82, 2.24) is 4.98 Å². The molecule has 0 bridgehead atoms. The molecule has 27 heavy (non-hydrogen) atoms. The van der Waals surface area contributed by atoms with Gasteiger partial charge in [0.2, 0.25) is 5.91 Å². The number of benzene rings is 2. The SMILES string of the molecule is O=C(CCC(=O)c1ccc(F)cc1)Nc1nc2c(s1)CCc1ccccc1-2. The van der Waals surface area contributed by atoms with Gasteiger partial charge in [0.1, 0.15) is 5.82 Å². The predicted molar refractivity (Wildman–Crippen MR) is 104 cm³/mol. The molecule has 0 radical (unpaired) electrons. The van der Waals surface area contributed by atoms with E-state index in [-0.39, 0.29) is 24.5 Å². The van der Waals surface area contributed by atoms with E-state index in [1.54, 1.807) is 0 Å². The molecule has 0 atom stereocenters. The molecule has 1 amide bonds. The molecule has 0 fully saturated rings. The zero-order chi connectivity index (χ0) is 18.8. The van der Waals surface area contributed by atoms with Gasteiger partial charge in [-0.2, -0.15) is 0 Å². The van der Waals surface area contributed by atoms with E-state index in [1.807, 2.05) is 12.1 Å². The molecule has 0 saturated heterocycles. The smallest absolute Gasteiger partial charge is 0.226 e. The molecule has 3 aromatic rings. The van der Waals surface area contributed by atoms with E-state index in [9.17, 15) is 14.0 Å². The molecule has 136 valence electrons. The maximum absolute atomic E-state index is 12.9. The number of halogens is 1. The van der Waals surface area contributed by atoms with Crippen LogP contribution in [0.25, 0.3) is 11.3 Å². The predicted octanol–water partition coefficient (Wildman–Crippen LogP) is 4.65. The lowest BCUT2D eigenvalue weighted by Crippen LogP contribution is -2.13. The van der Waals surface area contributed by atoms with Gasteiger partial charge in [-0.1, -0.05) is 24.3 Å². The Bertz CT molecular complexity index is 1010. The van der Waals surface area contributed by atoms with E-state index in [0.717, 1.165) is 24.1 Å². The summed E-state index contributed by atoms with van der Waals surface area (Å²) in [6, 6.07) is 13.5. The summed E-state index contributed by atoms with van der Waals surface area (Å²) in [6.45, 7) is 0. The number of hydrogen-bond acceptors (Lipinski definition) is 4. The number of nitrogens with zero attached hydrogens (tertiary/aromatic N) is 1. The molecule has 1 aromatic heterocycles. The largest absolute Gasteiger partial charge is 0.302 e. The first-order chi connectivity index (χ1) is 13.1. The van der Waals surface area contributed by atoms with Crippen LogP contribution in [-0.4, -0.2) is 16.7 Å². The van der Waals surface area contributed by atoms with Gasteiger partial charge in [0.15, 0.2) is 10.9 Å². The highest BCUT2D eigenvalue weighted by Gasteiger charge is 2.21. The Morgan fingerprint density at radius 2 is 1.81 bits per heavy atom. The summed E-state index contributed by atoms with van der Waals surface area (Å²) in [5.41, 5.74) is 3.75. The fourth-order valence-corrected chi connectivity index (χ4v) is 4.18. The third kappa shape index (κ3) is 3.80. The molecule has 4 nitrogen and oxygen atoms in total. The summed E-state index contributed by atoms with van der Waals surface area (Å²) in [5.74, 6) is -0.819. The minimum absolute atomic E-state index is 0.0665. The van der Waals surface area contributed by atoms with Gasteiger partial charge >= 0.3 is 0 Å². The van der Waals surface area contributed by atoms with Gasteiger partial charge in [-0.15, -0.1) is 11.3 Å². The number of Topliss-reactive ketones (excluding diaryl/α,β-unsaturated/α-hetero) is 1. The number of fused-ring (bicyclic) bond motifs is 3. The third-order valence-electron chi connectivity index (χ3n) is 4.58. The number of nitrogens with one attached hydrogen (secondary N) is 1. The maximum atomic E-state index is 12.9. The quantitative estimate of drug-likeness (QED) is 0.656. The highest BCUT2D eigenvalue weighted by Crippen LogP contribution is 2.37. The van der Waals surface area contributed by atoms with E-state index in [2.05, 4.69) is 22.4 Å². The van der Waals surface area contributed by atoms with Crippen LogP contribution in [0.5, 0.6) is 0 Å². The first-order valence-corrected chi connectivity index (χ1v) is 9.58. The average Bonchev–Trinajstić information content (AvgIpc) is 3.09. The summed E-state index contributed by atoms with van der Waals surface area (Å²) in [7, 11) is 0. The van der Waals surface area contributed by atoms with Crippen LogP contribution in [0.1, 0.15) is 33.6 Å². The molecule has 2 aromatic carbocycles. The monoisotopic (exact) mass is 380 g/mol. The van der Waals surface area contributed by atoms with Crippen LogP contribution < -0.4 is 5.32 Å². The lowest BCUT2D eigenvalue weighted by atomic mass is 9.94. The topological polar surface area (TPSA) is 59.1 Å².